The number of aromatic amines is 1. The van der Waals surface area contributed by atoms with Crippen LogP contribution in [0.3, 0.4) is 0 Å². The van der Waals surface area contributed by atoms with Crippen molar-refractivity contribution in [1.29, 1.82) is 0 Å². The van der Waals surface area contributed by atoms with Gasteiger partial charge in [0.2, 0.25) is 0 Å². The smallest absolute Gasteiger partial charge is 0.0465 e. The fourth-order valence-electron chi connectivity index (χ4n) is 2.25. The van der Waals surface area contributed by atoms with Crippen LogP contribution < -0.4 is 11.5 Å². The Balaban J connectivity index is 2.37. The standard InChI is InChI=1S/C14H15N3/c15-7-9-1-3-13-11(5-9)12-6-10(8-16)2-4-14(12)17-13/h1-6,17H,7-8,15-16H2. The molecule has 0 saturated heterocycles. The van der Waals surface area contributed by atoms with Gasteiger partial charge in [0.1, 0.15) is 0 Å². The van der Waals surface area contributed by atoms with E-state index in [9.17, 15) is 0 Å². The number of hydrogen-bond donors (Lipinski definition) is 3. The molecule has 0 fully saturated rings. The second-order valence-corrected chi connectivity index (χ2v) is 4.29. The summed E-state index contributed by atoms with van der Waals surface area (Å²) >= 11 is 0. The van der Waals surface area contributed by atoms with Gasteiger partial charge in [0.25, 0.3) is 0 Å². The summed E-state index contributed by atoms with van der Waals surface area (Å²) in [7, 11) is 0. The van der Waals surface area contributed by atoms with E-state index in [1.54, 1.807) is 0 Å². The fraction of sp³-hybridized carbons (Fsp3) is 0.143. The van der Waals surface area contributed by atoms with E-state index in [4.69, 9.17) is 11.5 Å². The van der Waals surface area contributed by atoms with Crippen molar-refractivity contribution in [3.05, 3.63) is 47.5 Å². The molecule has 3 rings (SSSR count). The molecular weight excluding hydrogens is 210 g/mol. The van der Waals surface area contributed by atoms with Crippen LogP contribution in [0.1, 0.15) is 11.1 Å². The second kappa shape index (κ2) is 3.87. The summed E-state index contributed by atoms with van der Waals surface area (Å²) in [5.74, 6) is 0. The van der Waals surface area contributed by atoms with E-state index in [-0.39, 0.29) is 0 Å². The predicted octanol–water partition coefficient (Wildman–Crippen LogP) is 2.24. The Labute approximate surface area is 99.4 Å². The van der Waals surface area contributed by atoms with Crippen molar-refractivity contribution in [3.8, 4) is 0 Å². The molecule has 0 aliphatic carbocycles. The number of nitrogens with two attached hydrogens (primary N) is 2. The number of hydrogen-bond acceptors (Lipinski definition) is 2. The first-order valence-corrected chi connectivity index (χ1v) is 5.75. The Morgan fingerprint density at radius 3 is 1.65 bits per heavy atom. The summed E-state index contributed by atoms with van der Waals surface area (Å²) in [6, 6.07) is 12.6. The lowest BCUT2D eigenvalue weighted by molar-refractivity contribution is 1.07. The molecular formula is C14H15N3. The van der Waals surface area contributed by atoms with Gasteiger partial charge in [0.05, 0.1) is 0 Å². The molecule has 1 heterocycles. The van der Waals surface area contributed by atoms with Gasteiger partial charge in [-0.15, -0.1) is 0 Å². The summed E-state index contributed by atoms with van der Waals surface area (Å²) in [6.45, 7) is 1.14. The Morgan fingerprint density at radius 2 is 1.24 bits per heavy atom. The molecule has 0 saturated carbocycles. The van der Waals surface area contributed by atoms with Crippen LogP contribution in [0.5, 0.6) is 0 Å². The van der Waals surface area contributed by atoms with Gasteiger partial charge >= 0.3 is 0 Å². The molecule has 0 aliphatic heterocycles. The Kier molecular flexibility index (Phi) is 2.35. The maximum atomic E-state index is 5.68. The minimum atomic E-state index is 0.569. The van der Waals surface area contributed by atoms with E-state index in [2.05, 4.69) is 41.4 Å². The third kappa shape index (κ3) is 1.60. The SMILES string of the molecule is NCc1ccc2[nH]c3ccc(CN)cc3c2c1. The first-order valence-electron chi connectivity index (χ1n) is 5.75. The minimum absolute atomic E-state index is 0.569. The molecule has 0 spiro atoms. The van der Waals surface area contributed by atoms with E-state index in [1.165, 1.54) is 10.8 Å². The van der Waals surface area contributed by atoms with Gasteiger partial charge in [0.15, 0.2) is 0 Å². The molecule has 0 amide bonds. The average molecular weight is 225 g/mol. The summed E-state index contributed by atoms with van der Waals surface area (Å²) in [5.41, 5.74) is 15.9. The lowest BCUT2D eigenvalue weighted by atomic mass is 10.1. The third-order valence-electron chi connectivity index (χ3n) is 3.20. The minimum Gasteiger partial charge on any atom is -0.355 e. The maximum absolute atomic E-state index is 5.68. The highest BCUT2D eigenvalue weighted by molar-refractivity contribution is 6.07. The van der Waals surface area contributed by atoms with Crippen molar-refractivity contribution in [2.45, 2.75) is 13.1 Å². The summed E-state index contributed by atoms with van der Waals surface area (Å²) < 4.78 is 0. The van der Waals surface area contributed by atoms with Gasteiger partial charge in [-0.1, -0.05) is 12.1 Å². The van der Waals surface area contributed by atoms with Crippen LogP contribution in [-0.2, 0) is 13.1 Å². The first-order chi connectivity index (χ1) is 8.31. The lowest BCUT2D eigenvalue weighted by Crippen LogP contribution is -1.95. The number of rotatable bonds is 2. The summed E-state index contributed by atoms with van der Waals surface area (Å²) in [6.07, 6.45) is 0. The Hall–Kier alpha value is -1.84. The fourth-order valence-corrected chi connectivity index (χ4v) is 2.25. The predicted molar refractivity (Wildman–Crippen MR) is 71.6 cm³/mol. The van der Waals surface area contributed by atoms with E-state index in [0.717, 1.165) is 22.2 Å². The van der Waals surface area contributed by atoms with Crippen LogP contribution in [0, 0.1) is 0 Å². The highest BCUT2D eigenvalue weighted by atomic mass is 14.7. The zero-order valence-electron chi connectivity index (χ0n) is 9.53. The zero-order chi connectivity index (χ0) is 11.8. The molecule has 3 aromatic rings. The highest BCUT2D eigenvalue weighted by Crippen LogP contribution is 2.27. The molecule has 0 radical (unpaired) electrons. The third-order valence-corrected chi connectivity index (χ3v) is 3.20. The van der Waals surface area contributed by atoms with Crippen LogP contribution in [0.2, 0.25) is 0 Å². The van der Waals surface area contributed by atoms with Gasteiger partial charge in [-0.25, -0.2) is 0 Å². The largest absolute Gasteiger partial charge is 0.355 e. The first kappa shape index (κ1) is 10.3. The molecule has 5 N–H and O–H groups in total. The van der Waals surface area contributed by atoms with Crippen LogP contribution in [-0.4, -0.2) is 4.98 Å². The van der Waals surface area contributed by atoms with Crippen molar-refractivity contribution in [2.75, 3.05) is 0 Å². The maximum Gasteiger partial charge on any atom is 0.0465 e. The molecule has 3 heteroatoms. The van der Waals surface area contributed by atoms with Crippen LogP contribution >= 0.6 is 0 Å². The molecule has 86 valence electrons. The van der Waals surface area contributed by atoms with Crippen molar-refractivity contribution >= 4 is 21.8 Å². The van der Waals surface area contributed by atoms with Gasteiger partial charge in [-0.3, -0.25) is 0 Å². The van der Waals surface area contributed by atoms with E-state index >= 15 is 0 Å². The van der Waals surface area contributed by atoms with Crippen molar-refractivity contribution < 1.29 is 0 Å². The molecule has 3 nitrogen and oxygen atoms in total. The quantitative estimate of drug-likeness (QED) is 0.626. The van der Waals surface area contributed by atoms with Gasteiger partial charge in [0, 0.05) is 34.9 Å². The molecule has 0 atom stereocenters. The monoisotopic (exact) mass is 225 g/mol. The molecule has 0 unspecified atom stereocenters. The number of fused-ring (bicyclic) bond motifs is 3. The topological polar surface area (TPSA) is 67.8 Å². The van der Waals surface area contributed by atoms with E-state index in [0.29, 0.717) is 13.1 Å². The average Bonchev–Trinajstić information content (AvgIpc) is 2.75. The molecule has 2 aromatic carbocycles. The summed E-state index contributed by atoms with van der Waals surface area (Å²) in [5, 5.41) is 2.44. The second-order valence-electron chi connectivity index (χ2n) is 4.29. The Bertz CT molecular complexity index is 624. The highest BCUT2D eigenvalue weighted by Gasteiger charge is 2.05. The van der Waals surface area contributed by atoms with Crippen LogP contribution in [0.4, 0.5) is 0 Å². The number of benzene rings is 2. The van der Waals surface area contributed by atoms with Gasteiger partial charge in [-0.05, 0) is 35.4 Å². The molecule has 0 bridgehead atoms. The number of H-pyrrole nitrogens is 1. The van der Waals surface area contributed by atoms with Gasteiger partial charge < -0.3 is 16.5 Å². The number of nitrogens with one attached hydrogen (secondary N) is 1. The van der Waals surface area contributed by atoms with Gasteiger partial charge in [-0.2, -0.15) is 0 Å². The van der Waals surface area contributed by atoms with Crippen molar-refractivity contribution in [2.24, 2.45) is 11.5 Å². The molecule has 0 aliphatic rings. The van der Waals surface area contributed by atoms with Crippen LogP contribution in [0.15, 0.2) is 36.4 Å². The van der Waals surface area contributed by atoms with Crippen molar-refractivity contribution in [1.82, 2.24) is 4.98 Å². The Morgan fingerprint density at radius 1 is 0.765 bits per heavy atom. The normalized spacial score (nSPS) is 11.4. The molecule has 17 heavy (non-hydrogen) atoms. The summed E-state index contributed by atoms with van der Waals surface area (Å²) in [4.78, 5) is 3.40. The van der Waals surface area contributed by atoms with E-state index in [1.807, 2.05) is 0 Å². The van der Waals surface area contributed by atoms with Crippen molar-refractivity contribution in [3.63, 3.8) is 0 Å². The number of aromatic nitrogens is 1. The zero-order valence-corrected chi connectivity index (χ0v) is 9.53. The van der Waals surface area contributed by atoms with E-state index < -0.39 is 0 Å². The van der Waals surface area contributed by atoms with Crippen LogP contribution in [0.25, 0.3) is 21.8 Å². The lowest BCUT2D eigenvalue weighted by Gasteiger charge is -1.98. The molecule has 1 aromatic heterocycles.